The van der Waals surface area contributed by atoms with Crippen molar-refractivity contribution in [3.63, 3.8) is 0 Å². The quantitative estimate of drug-likeness (QED) is 0.831. The highest BCUT2D eigenvalue weighted by atomic mass is 16.5. The molecule has 6 nitrogen and oxygen atoms in total. The molecule has 1 amide bonds. The van der Waals surface area contributed by atoms with Crippen molar-refractivity contribution in [3.8, 4) is 5.75 Å². The monoisotopic (exact) mass is 382 g/mol. The van der Waals surface area contributed by atoms with Gasteiger partial charge in [0.2, 0.25) is 0 Å². The highest BCUT2D eigenvalue weighted by Crippen LogP contribution is 2.22. The Bertz CT molecular complexity index is 835. The molecule has 1 N–H and O–H groups in total. The van der Waals surface area contributed by atoms with Crippen LogP contribution in [0.4, 0.5) is 0 Å². The van der Waals surface area contributed by atoms with Crippen LogP contribution in [-0.2, 0) is 6.54 Å². The van der Waals surface area contributed by atoms with Crippen LogP contribution in [0.5, 0.6) is 5.75 Å². The summed E-state index contributed by atoms with van der Waals surface area (Å²) in [5.41, 5.74) is 1.86. The zero-order valence-corrected chi connectivity index (χ0v) is 16.3. The van der Waals surface area contributed by atoms with Crippen LogP contribution in [0.15, 0.2) is 48.5 Å². The summed E-state index contributed by atoms with van der Waals surface area (Å²) >= 11 is 0. The van der Waals surface area contributed by atoms with Gasteiger partial charge in [-0.25, -0.2) is 4.79 Å². The third-order valence-corrected chi connectivity index (χ3v) is 5.02. The first kappa shape index (κ1) is 19.9. The lowest BCUT2D eigenvalue weighted by Crippen LogP contribution is -2.53. The van der Waals surface area contributed by atoms with E-state index < -0.39 is 5.97 Å². The summed E-state index contributed by atoms with van der Waals surface area (Å²) in [5, 5.41) is 9.00. The molecule has 6 heteroatoms. The Labute approximate surface area is 165 Å². The average molecular weight is 382 g/mol. The fourth-order valence-corrected chi connectivity index (χ4v) is 3.57. The number of benzene rings is 2. The number of carbonyl (C=O) groups excluding carboxylic acids is 1. The summed E-state index contributed by atoms with van der Waals surface area (Å²) in [7, 11) is 0. The summed E-state index contributed by atoms with van der Waals surface area (Å²) in [6.45, 7) is 7.64. The van der Waals surface area contributed by atoms with Crippen LogP contribution in [0.25, 0.3) is 0 Å². The van der Waals surface area contributed by atoms with Crippen LogP contribution in [0, 0.1) is 0 Å². The number of carboxylic acids is 1. The van der Waals surface area contributed by atoms with Gasteiger partial charge in [-0.3, -0.25) is 9.69 Å². The van der Waals surface area contributed by atoms with Crippen LogP contribution in [0.3, 0.4) is 0 Å². The molecular weight excluding hydrogens is 356 g/mol. The van der Waals surface area contributed by atoms with Crippen molar-refractivity contribution in [2.45, 2.75) is 26.4 Å². The molecule has 1 aliphatic rings. The lowest BCUT2D eigenvalue weighted by Gasteiger charge is -2.40. The molecule has 0 aromatic heterocycles. The minimum Gasteiger partial charge on any atom is -0.494 e. The van der Waals surface area contributed by atoms with Crippen molar-refractivity contribution >= 4 is 11.9 Å². The summed E-state index contributed by atoms with van der Waals surface area (Å²) in [4.78, 5) is 28.0. The molecule has 1 aliphatic heterocycles. The Hall–Kier alpha value is -2.86. The minimum absolute atomic E-state index is 0.0567. The molecule has 2 aromatic rings. The van der Waals surface area contributed by atoms with Crippen molar-refractivity contribution in [3.05, 3.63) is 65.2 Å². The normalized spacial score (nSPS) is 17.4. The second-order valence-corrected chi connectivity index (χ2v) is 7.01. The lowest BCUT2D eigenvalue weighted by atomic mass is 10.1. The van der Waals surface area contributed by atoms with Crippen LogP contribution < -0.4 is 4.74 Å². The largest absolute Gasteiger partial charge is 0.494 e. The number of aromatic carboxylic acids is 1. The highest BCUT2D eigenvalue weighted by Gasteiger charge is 2.28. The second kappa shape index (κ2) is 8.89. The van der Waals surface area contributed by atoms with E-state index in [-0.39, 0.29) is 17.5 Å². The summed E-state index contributed by atoms with van der Waals surface area (Å²) in [6.07, 6.45) is 0. The highest BCUT2D eigenvalue weighted by molar-refractivity contribution is 5.96. The first-order valence-corrected chi connectivity index (χ1v) is 9.57. The van der Waals surface area contributed by atoms with Gasteiger partial charge in [-0.05, 0) is 44.2 Å². The predicted octanol–water partition coefficient (Wildman–Crippen LogP) is 3.13. The number of para-hydroxylation sites is 1. The molecule has 0 radical (unpaired) electrons. The van der Waals surface area contributed by atoms with E-state index in [1.807, 2.05) is 36.9 Å². The SMILES string of the molecule is CCOc1ccccc1CN1CCN(C(=O)c2ccc(C(=O)O)cc2)C(C)C1. The van der Waals surface area contributed by atoms with E-state index in [1.54, 1.807) is 12.1 Å². The molecule has 1 unspecified atom stereocenters. The topological polar surface area (TPSA) is 70.1 Å². The van der Waals surface area contributed by atoms with Crippen LogP contribution in [0.1, 0.15) is 40.1 Å². The molecule has 28 heavy (non-hydrogen) atoms. The van der Waals surface area contributed by atoms with Crippen molar-refractivity contribution in [1.29, 1.82) is 0 Å². The summed E-state index contributed by atoms with van der Waals surface area (Å²) < 4.78 is 5.72. The molecular formula is C22H26N2O4. The van der Waals surface area contributed by atoms with Gasteiger partial charge in [0.15, 0.2) is 0 Å². The van der Waals surface area contributed by atoms with Gasteiger partial charge in [0.1, 0.15) is 5.75 Å². The molecule has 0 bridgehead atoms. The van der Waals surface area contributed by atoms with Gasteiger partial charge in [0, 0.05) is 43.3 Å². The third kappa shape index (κ3) is 4.51. The maximum Gasteiger partial charge on any atom is 0.335 e. The number of piperazine rings is 1. The first-order valence-electron chi connectivity index (χ1n) is 9.57. The van der Waals surface area contributed by atoms with Crippen LogP contribution in [-0.4, -0.2) is 59.1 Å². The predicted molar refractivity (Wildman–Crippen MR) is 107 cm³/mol. The standard InChI is InChI=1S/C22H26N2O4/c1-3-28-20-7-5-4-6-19(20)15-23-12-13-24(16(2)14-23)21(25)17-8-10-18(11-9-17)22(26)27/h4-11,16H,3,12-15H2,1-2H3,(H,26,27). The second-order valence-electron chi connectivity index (χ2n) is 7.01. The minimum atomic E-state index is -0.992. The van der Waals surface area contributed by atoms with Gasteiger partial charge in [-0.15, -0.1) is 0 Å². The number of carboxylic acid groups (broad SMARTS) is 1. The number of amides is 1. The van der Waals surface area contributed by atoms with E-state index in [1.165, 1.54) is 12.1 Å². The fraction of sp³-hybridized carbons (Fsp3) is 0.364. The van der Waals surface area contributed by atoms with Gasteiger partial charge in [0.25, 0.3) is 5.91 Å². The Kier molecular flexibility index (Phi) is 6.31. The molecule has 1 fully saturated rings. The maximum atomic E-state index is 12.8. The third-order valence-electron chi connectivity index (χ3n) is 5.02. The number of nitrogens with zero attached hydrogens (tertiary/aromatic N) is 2. The maximum absolute atomic E-state index is 12.8. The smallest absolute Gasteiger partial charge is 0.335 e. The Morgan fingerprint density at radius 3 is 2.39 bits per heavy atom. The van der Waals surface area contributed by atoms with Crippen LogP contribution >= 0.6 is 0 Å². The summed E-state index contributed by atoms with van der Waals surface area (Å²) in [6, 6.07) is 14.2. The number of ether oxygens (including phenoxy) is 1. The number of hydrogen-bond donors (Lipinski definition) is 1. The Balaban J connectivity index is 1.63. The van der Waals surface area contributed by atoms with E-state index in [0.717, 1.165) is 30.9 Å². The number of carbonyl (C=O) groups is 2. The van der Waals surface area contributed by atoms with Gasteiger partial charge in [-0.2, -0.15) is 0 Å². The van der Waals surface area contributed by atoms with Crippen molar-refractivity contribution in [2.24, 2.45) is 0 Å². The first-order chi connectivity index (χ1) is 13.5. The fourth-order valence-electron chi connectivity index (χ4n) is 3.57. The van der Waals surface area contributed by atoms with E-state index in [0.29, 0.717) is 18.7 Å². The molecule has 1 saturated heterocycles. The number of hydrogen-bond acceptors (Lipinski definition) is 4. The molecule has 0 spiro atoms. The lowest BCUT2D eigenvalue weighted by molar-refractivity contribution is 0.0473. The molecule has 0 saturated carbocycles. The molecule has 1 atom stereocenters. The molecule has 1 heterocycles. The van der Waals surface area contributed by atoms with Crippen molar-refractivity contribution in [2.75, 3.05) is 26.2 Å². The zero-order chi connectivity index (χ0) is 20.1. The Morgan fingerprint density at radius 2 is 1.75 bits per heavy atom. The van der Waals surface area contributed by atoms with Gasteiger partial charge in [0.05, 0.1) is 12.2 Å². The van der Waals surface area contributed by atoms with E-state index in [2.05, 4.69) is 11.0 Å². The summed E-state index contributed by atoms with van der Waals surface area (Å²) in [5.74, 6) is -0.137. The van der Waals surface area contributed by atoms with Gasteiger partial charge in [-0.1, -0.05) is 18.2 Å². The Morgan fingerprint density at radius 1 is 1.07 bits per heavy atom. The van der Waals surface area contributed by atoms with Crippen LogP contribution in [0.2, 0.25) is 0 Å². The van der Waals surface area contributed by atoms with E-state index in [9.17, 15) is 9.59 Å². The molecule has 0 aliphatic carbocycles. The molecule has 148 valence electrons. The van der Waals surface area contributed by atoms with E-state index >= 15 is 0 Å². The molecule has 3 rings (SSSR count). The van der Waals surface area contributed by atoms with Crippen molar-refractivity contribution in [1.82, 2.24) is 9.80 Å². The van der Waals surface area contributed by atoms with Gasteiger partial charge >= 0.3 is 5.97 Å². The zero-order valence-electron chi connectivity index (χ0n) is 16.3. The van der Waals surface area contributed by atoms with Gasteiger partial charge < -0.3 is 14.7 Å². The number of rotatable bonds is 6. The molecule has 2 aromatic carbocycles. The van der Waals surface area contributed by atoms with Crippen molar-refractivity contribution < 1.29 is 19.4 Å². The van der Waals surface area contributed by atoms with E-state index in [4.69, 9.17) is 9.84 Å². The average Bonchev–Trinajstić information content (AvgIpc) is 2.69.